The largest absolute Gasteiger partial charge is 0.310 e. The molecule has 0 saturated heterocycles. The topological polar surface area (TPSA) is 40.3 Å². The summed E-state index contributed by atoms with van der Waals surface area (Å²) in [5, 5.41) is 0. The zero-order valence-electron chi connectivity index (χ0n) is 44.9. The van der Waals surface area contributed by atoms with Crippen molar-refractivity contribution in [1.82, 2.24) is 0 Å². The van der Waals surface area contributed by atoms with Crippen LogP contribution in [-0.4, -0.2) is 47.1 Å². The van der Waals surface area contributed by atoms with Gasteiger partial charge in [-0.05, 0) is 275 Å². The van der Waals surface area contributed by atoms with Crippen molar-refractivity contribution in [3.63, 3.8) is 0 Å². The Morgan fingerprint density at radius 1 is 0.342 bits per heavy atom. The zero-order valence-corrected chi connectivity index (χ0v) is 52.0. The molecule has 15 rings (SSSR count). The lowest BCUT2D eigenvalue weighted by atomic mass is 9.72. The number of anilines is 3. The molecule has 0 bridgehead atoms. The normalized spacial score (nSPS) is 32.9. The molecular formula is C66H57Cl3N4S6. The molecule has 3 saturated carbocycles. The number of nitrogens with zero attached hydrogens (tertiary/aromatic N) is 4. The minimum Gasteiger partial charge on any atom is -0.310 e. The molecule has 6 aliphatic heterocycles. The molecule has 4 nitrogen and oxygen atoms in total. The van der Waals surface area contributed by atoms with Gasteiger partial charge in [0.1, 0.15) is 0 Å². The third-order valence-electron chi connectivity index (χ3n) is 19.3. The molecule has 0 amide bonds. The lowest BCUT2D eigenvalue weighted by Crippen LogP contribution is -2.47. The van der Waals surface area contributed by atoms with Crippen molar-refractivity contribution in [2.75, 3.05) is 4.90 Å². The molecule has 6 aliphatic carbocycles. The van der Waals surface area contributed by atoms with E-state index in [2.05, 4.69) is 174 Å². The van der Waals surface area contributed by atoms with E-state index < -0.39 is 0 Å². The zero-order chi connectivity index (χ0) is 54.0. The van der Waals surface area contributed by atoms with Gasteiger partial charge in [-0.2, -0.15) is 0 Å². The molecule has 13 heteroatoms. The molecule has 6 atom stereocenters. The quantitative estimate of drug-likeness (QED) is 0.198. The van der Waals surface area contributed by atoms with Gasteiger partial charge in [-0.25, -0.2) is 0 Å². The number of allylic oxidation sites excluding steroid dienone is 15. The van der Waals surface area contributed by atoms with Crippen LogP contribution in [-0.2, 0) is 0 Å². The Kier molecular flexibility index (Phi) is 12.3. The second kappa shape index (κ2) is 18.7. The number of hydrogen-bond donors (Lipinski definition) is 0. The summed E-state index contributed by atoms with van der Waals surface area (Å²) in [4.78, 5) is 21.2. The highest BCUT2D eigenvalue weighted by Gasteiger charge is 2.62. The van der Waals surface area contributed by atoms with Gasteiger partial charge in [0, 0.05) is 50.4 Å². The number of benzene rings is 3. The maximum atomic E-state index is 6.79. The van der Waals surface area contributed by atoms with E-state index in [-0.39, 0.29) is 28.5 Å². The number of thioether (sulfide) groups is 6. The van der Waals surface area contributed by atoms with E-state index >= 15 is 0 Å². The SMILES string of the molecule is CC12SC(Cl)=CC1=C1CCCC1=C1C=C(C=Nc3ccc(N(c4ccc(N=CC5=CC6=C7CCCC7=C7C=C(Cl)SC7(C)C6(C)S5)cc4)c4ccc(N=CC5=CC6=C7CCCC7=C7C=C(Cl)SC7(C)C6(C)S5)cc4)cc3)SC12C. The van der Waals surface area contributed by atoms with E-state index in [1.807, 2.05) is 70.6 Å². The number of halogens is 3. The van der Waals surface area contributed by atoms with E-state index in [1.165, 1.54) is 101 Å². The Bertz CT molecular complexity index is 3430. The van der Waals surface area contributed by atoms with Gasteiger partial charge in [0.25, 0.3) is 0 Å². The standard InChI is InChI=1S/C66H57Cl3N4S6/c1-61-52(46-10-7-13-49(46)55-31-58(67)77-64(55,61)4)28-43(74-61)34-70-37-16-22-40(23-17-37)73(41-24-18-38(19-25-41)71-35-44-29-53-47-11-8-14-50(47)56-32-59(68)78-65(56,5)62(53,2)75-44)42-26-20-39(21-27-42)72-36-45-30-54-48-12-9-15-51(48)57-33-60(69)79-66(57,6)63(54,3)76-45/h16-36H,7-15H2,1-6H3. The molecule has 398 valence electrons. The Labute approximate surface area is 505 Å². The molecule has 0 N–H and O–H groups in total. The highest BCUT2D eigenvalue weighted by atomic mass is 35.5. The first-order valence-corrected chi connectivity index (χ1v) is 33.6. The van der Waals surface area contributed by atoms with Crippen LogP contribution in [0, 0.1) is 0 Å². The summed E-state index contributed by atoms with van der Waals surface area (Å²) in [6, 6.07) is 25.9. The summed E-state index contributed by atoms with van der Waals surface area (Å²) in [5.74, 6) is 0. The first-order chi connectivity index (χ1) is 38.0. The van der Waals surface area contributed by atoms with Crippen LogP contribution in [0.1, 0.15) is 99.3 Å². The molecular weight excluding hydrogens is 1150 g/mol. The number of rotatable bonds is 9. The first-order valence-electron chi connectivity index (χ1n) is 27.5. The fourth-order valence-electron chi connectivity index (χ4n) is 14.9. The smallest absolute Gasteiger partial charge is 0.0747 e. The fourth-order valence-corrected chi connectivity index (χ4v) is 24.9. The van der Waals surface area contributed by atoms with Gasteiger partial charge in [-0.3, -0.25) is 15.0 Å². The summed E-state index contributed by atoms with van der Waals surface area (Å²) in [5.41, 5.74) is 23.7. The Morgan fingerprint density at radius 3 is 0.823 bits per heavy atom. The summed E-state index contributed by atoms with van der Waals surface area (Å²) in [7, 11) is 0. The number of fused-ring (bicyclic) bond motifs is 12. The minimum absolute atomic E-state index is 0.116. The molecule has 0 radical (unpaired) electrons. The Hall–Kier alpha value is -3.68. The highest BCUT2D eigenvalue weighted by Crippen LogP contribution is 2.71. The highest BCUT2D eigenvalue weighted by molar-refractivity contribution is 8.11. The van der Waals surface area contributed by atoms with Gasteiger partial charge in [-0.15, -0.1) is 70.6 Å². The third kappa shape index (κ3) is 7.72. The van der Waals surface area contributed by atoms with E-state index in [0.717, 1.165) is 85.7 Å². The molecule has 0 spiro atoms. The van der Waals surface area contributed by atoms with Crippen LogP contribution >= 0.6 is 105 Å². The molecule has 12 aliphatic rings. The molecule has 3 fully saturated rings. The summed E-state index contributed by atoms with van der Waals surface area (Å²) in [6.45, 7) is 14.4. The molecule has 79 heavy (non-hydrogen) atoms. The Morgan fingerprint density at radius 2 is 0.570 bits per heavy atom. The Balaban J connectivity index is 0.712. The van der Waals surface area contributed by atoms with Crippen LogP contribution in [0.3, 0.4) is 0 Å². The van der Waals surface area contributed by atoms with E-state index in [0.29, 0.717) is 0 Å². The lowest BCUT2D eigenvalue weighted by Gasteiger charge is -2.46. The maximum absolute atomic E-state index is 6.79. The van der Waals surface area contributed by atoms with Gasteiger partial charge in [0.2, 0.25) is 0 Å². The van der Waals surface area contributed by atoms with E-state index in [9.17, 15) is 0 Å². The van der Waals surface area contributed by atoms with Crippen LogP contribution in [0.5, 0.6) is 0 Å². The van der Waals surface area contributed by atoms with Crippen LogP contribution in [0.4, 0.5) is 34.1 Å². The second-order valence-electron chi connectivity index (χ2n) is 23.4. The molecule has 6 unspecified atom stereocenters. The predicted molar refractivity (Wildman–Crippen MR) is 351 cm³/mol. The summed E-state index contributed by atoms with van der Waals surface area (Å²) < 4.78 is 1.98. The number of hydrogen-bond acceptors (Lipinski definition) is 10. The average Bonchev–Trinajstić information content (AvgIpc) is 4.26. The van der Waals surface area contributed by atoms with Crippen LogP contribution < -0.4 is 4.90 Å². The van der Waals surface area contributed by atoms with Gasteiger partial charge in [-0.1, -0.05) is 34.8 Å². The van der Waals surface area contributed by atoms with Crippen LogP contribution in [0.25, 0.3) is 0 Å². The lowest BCUT2D eigenvalue weighted by molar-refractivity contribution is 0.607. The predicted octanol–water partition coefficient (Wildman–Crippen LogP) is 21.6. The van der Waals surface area contributed by atoms with Crippen molar-refractivity contribution in [2.24, 2.45) is 15.0 Å². The van der Waals surface area contributed by atoms with Gasteiger partial charge in [0.05, 0.1) is 58.6 Å². The molecule has 3 aromatic rings. The van der Waals surface area contributed by atoms with Crippen molar-refractivity contribution in [1.29, 1.82) is 0 Å². The van der Waals surface area contributed by atoms with Gasteiger partial charge < -0.3 is 4.90 Å². The van der Waals surface area contributed by atoms with E-state index in [4.69, 9.17) is 49.8 Å². The van der Waals surface area contributed by atoms with Crippen molar-refractivity contribution in [2.45, 2.75) is 128 Å². The van der Waals surface area contributed by atoms with Crippen molar-refractivity contribution < 1.29 is 0 Å². The molecule has 3 aromatic carbocycles. The molecule has 6 heterocycles. The van der Waals surface area contributed by atoms with Crippen molar-refractivity contribution >= 4 is 158 Å². The van der Waals surface area contributed by atoms with Crippen LogP contribution in [0.2, 0.25) is 0 Å². The van der Waals surface area contributed by atoms with Crippen molar-refractivity contribution in [3.8, 4) is 0 Å². The van der Waals surface area contributed by atoms with Crippen LogP contribution in [0.15, 0.2) is 219 Å². The summed E-state index contributed by atoms with van der Waals surface area (Å²) >= 11 is 31.6. The molecule has 0 aromatic heterocycles. The van der Waals surface area contributed by atoms with Gasteiger partial charge >= 0.3 is 0 Å². The fraction of sp³-hybridized carbons (Fsp3) is 0.318. The average molecular weight is 1200 g/mol. The minimum atomic E-state index is -0.121. The summed E-state index contributed by atoms with van der Waals surface area (Å²) in [6.07, 6.45) is 30.6. The maximum Gasteiger partial charge on any atom is 0.0747 e. The second-order valence-corrected chi connectivity index (χ2v) is 34.1. The first kappa shape index (κ1) is 52.1. The number of aliphatic imine (C=N–C) groups is 3. The monoisotopic (exact) mass is 1200 g/mol. The van der Waals surface area contributed by atoms with E-state index in [1.54, 1.807) is 0 Å². The van der Waals surface area contributed by atoms with Gasteiger partial charge in [0.15, 0.2) is 0 Å². The third-order valence-corrected chi connectivity index (χ3v) is 29.2. The van der Waals surface area contributed by atoms with Crippen molar-refractivity contribution in [3.05, 3.63) is 204 Å².